The molecule has 2 aromatic rings. The molecule has 1 aromatic heterocycles. The Morgan fingerprint density at radius 2 is 2.00 bits per heavy atom. The van der Waals surface area contributed by atoms with Crippen molar-refractivity contribution in [2.75, 3.05) is 11.5 Å². The molecular formula is C20H24ClN3OS. The summed E-state index contributed by atoms with van der Waals surface area (Å²) in [5.74, 6) is 2.17. The minimum absolute atomic E-state index is 0.0661. The highest BCUT2D eigenvalue weighted by molar-refractivity contribution is 7.99. The van der Waals surface area contributed by atoms with Gasteiger partial charge < -0.3 is 5.32 Å². The molecule has 1 aliphatic rings. The maximum atomic E-state index is 12.2. The number of benzene rings is 1. The zero-order chi connectivity index (χ0) is 18.5. The average molecular weight is 390 g/mol. The lowest BCUT2D eigenvalue weighted by molar-refractivity contribution is -0.117. The first-order valence-electron chi connectivity index (χ1n) is 8.87. The first-order valence-corrected chi connectivity index (χ1v) is 10.4. The number of nitrogens with one attached hydrogen (secondary N) is 1. The molecule has 0 unspecified atom stereocenters. The maximum Gasteiger partial charge on any atom is 0.244 e. The van der Waals surface area contributed by atoms with E-state index in [-0.39, 0.29) is 11.9 Å². The van der Waals surface area contributed by atoms with Crippen molar-refractivity contribution in [1.29, 1.82) is 0 Å². The molecule has 1 amide bonds. The van der Waals surface area contributed by atoms with E-state index in [2.05, 4.69) is 41.6 Å². The minimum Gasteiger partial charge on any atom is -0.350 e. The van der Waals surface area contributed by atoms with Crippen molar-refractivity contribution < 1.29 is 4.79 Å². The molecule has 138 valence electrons. The molecule has 1 fully saturated rings. The van der Waals surface area contributed by atoms with Crippen molar-refractivity contribution in [3.8, 4) is 0 Å². The zero-order valence-corrected chi connectivity index (χ0v) is 16.7. The number of carbonyl (C=O) groups excluding carboxylic acids is 1. The SMILES string of the molecule is Cc1ccc(Cn2nc(C)c(/C=C/C(=O)NC3CCSCC3)c2Cl)cc1. The number of carbonyl (C=O) groups is 1. The summed E-state index contributed by atoms with van der Waals surface area (Å²) in [5.41, 5.74) is 3.99. The molecule has 0 bridgehead atoms. The van der Waals surface area contributed by atoms with Crippen LogP contribution in [-0.4, -0.2) is 33.2 Å². The van der Waals surface area contributed by atoms with Crippen LogP contribution in [-0.2, 0) is 11.3 Å². The first-order chi connectivity index (χ1) is 12.5. The van der Waals surface area contributed by atoms with Crippen molar-refractivity contribution in [2.45, 2.75) is 39.3 Å². The van der Waals surface area contributed by atoms with Crippen LogP contribution in [0.2, 0.25) is 5.15 Å². The van der Waals surface area contributed by atoms with E-state index in [9.17, 15) is 4.79 Å². The number of hydrogen-bond donors (Lipinski definition) is 1. The van der Waals surface area contributed by atoms with E-state index in [1.54, 1.807) is 16.8 Å². The molecule has 0 saturated carbocycles. The first kappa shape index (κ1) is 19.1. The molecule has 1 aliphatic heterocycles. The van der Waals surface area contributed by atoms with Crippen molar-refractivity contribution in [3.05, 3.63) is 57.9 Å². The number of thioether (sulfide) groups is 1. The molecule has 0 atom stereocenters. The van der Waals surface area contributed by atoms with Crippen LogP contribution < -0.4 is 5.32 Å². The third-order valence-corrected chi connectivity index (χ3v) is 5.98. The lowest BCUT2D eigenvalue weighted by atomic mass is 10.1. The second-order valence-corrected chi connectivity index (χ2v) is 8.24. The lowest BCUT2D eigenvalue weighted by Crippen LogP contribution is -2.36. The minimum atomic E-state index is -0.0661. The van der Waals surface area contributed by atoms with Gasteiger partial charge in [-0.15, -0.1) is 0 Å². The molecule has 6 heteroatoms. The van der Waals surface area contributed by atoms with Gasteiger partial charge in [0.05, 0.1) is 12.2 Å². The van der Waals surface area contributed by atoms with Crippen LogP contribution in [0.1, 0.15) is 35.2 Å². The van der Waals surface area contributed by atoms with Gasteiger partial charge in [-0.05, 0) is 49.8 Å². The topological polar surface area (TPSA) is 46.9 Å². The maximum absolute atomic E-state index is 12.2. The highest BCUT2D eigenvalue weighted by atomic mass is 35.5. The highest BCUT2D eigenvalue weighted by Crippen LogP contribution is 2.22. The molecule has 0 spiro atoms. The number of amides is 1. The second-order valence-electron chi connectivity index (χ2n) is 6.66. The fraction of sp³-hybridized carbons (Fsp3) is 0.400. The summed E-state index contributed by atoms with van der Waals surface area (Å²) in [5, 5.41) is 8.15. The fourth-order valence-corrected chi connectivity index (χ4v) is 4.38. The quantitative estimate of drug-likeness (QED) is 0.778. The third-order valence-electron chi connectivity index (χ3n) is 4.53. The monoisotopic (exact) mass is 389 g/mol. The van der Waals surface area contributed by atoms with Gasteiger partial charge in [0.15, 0.2) is 0 Å². The van der Waals surface area contributed by atoms with Crippen LogP contribution in [0.15, 0.2) is 30.3 Å². The van der Waals surface area contributed by atoms with E-state index in [0.29, 0.717) is 11.7 Å². The summed E-state index contributed by atoms with van der Waals surface area (Å²) in [7, 11) is 0. The molecule has 0 radical (unpaired) electrons. The highest BCUT2D eigenvalue weighted by Gasteiger charge is 2.15. The van der Waals surface area contributed by atoms with Crippen LogP contribution in [0.4, 0.5) is 0 Å². The summed E-state index contributed by atoms with van der Waals surface area (Å²) in [6, 6.07) is 8.60. The number of rotatable bonds is 5. The average Bonchev–Trinajstić information content (AvgIpc) is 2.89. The number of hydrogen-bond acceptors (Lipinski definition) is 3. The smallest absolute Gasteiger partial charge is 0.244 e. The van der Waals surface area contributed by atoms with Gasteiger partial charge in [-0.2, -0.15) is 16.9 Å². The van der Waals surface area contributed by atoms with Crippen LogP contribution in [0, 0.1) is 13.8 Å². The number of aryl methyl sites for hydroxylation is 2. The Bertz CT molecular complexity index is 792. The van der Waals surface area contributed by atoms with Crippen molar-refractivity contribution >= 4 is 35.3 Å². The molecular weight excluding hydrogens is 366 g/mol. The Morgan fingerprint density at radius 3 is 2.69 bits per heavy atom. The molecule has 1 saturated heterocycles. The molecule has 4 nitrogen and oxygen atoms in total. The largest absolute Gasteiger partial charge is 0.350 e. The summed E-state index contributed by atoms with van der Waals surface area (Å²) in [6.07, 6.45) is 5.41. The molecule has 1 aromatic carbocycles. The molecule has 26 heavy (non-hydrogen) atoms. The van der Waals surface area contributed by atoms with Gasteiger partial charge in [-0.1, -0.05) is 41.4 Å². The predicted molar refractivity (Wildman–Crippen MR) is 110 cm³/mol. The van der Waals surface area contributed by atoms with E-state index in [1.165, 1.54) is 5.56 Å². The van der Waals surface area contributed by atoms with Gasteiger partial charge in [0, 0.05) is 17.7 Å². The number of aromatic nitrogens is 2. The normalized spacial score (nSPS) is 15.5. The summed E-state index contributed by atoms with van der Waals surface area (Å²) < 4.78 is 1.78. The van der Waals surface area contributed by atoms with E-state index in [4.69, 9.17) is 11.6 Å². The molecule has 2 heterocycles. The second kappa shape index (κ2) is 8.78. The van der Waals surface area contributed by atoms with Crippen LogP contribution in [0.5, 0.6) is 0 Å². The van der Waals surface area contributed by atoms with Gasteiger partial charge >= 0.3 is 0 Å². The Balaban J connectivity index is 1.67. The van der Waals surface area contributed by atoms with E-state index < -0.39 is 0 Å². The van der Waals surface area contributed by atoms with Crippen molar-refractivity contribution in [3.63, 3.8) is 0 Å². The van der Waals surface area contributed by atoms with Crippen molar-refractivity contribution in [1.82, 2.24) is 15.1 Å². The van der Waals surface area contributed by atoms with Gasteiger partial charge in [-0.25, -0.2) is 4.68 Å². The fourth-order valence-electron chi connectivity index (χ4n) is 2.98. The number of nitrogens with zero attached hydrogens (tertiary/aromatic N) is 2. The molecule has 3 rings (SSSR count). The number of halogens is 1. The van der Waals surface area contributed by atoms with Gasteiger partial charge in [0.25, 0.3) is 0 Å². The van der Waals surface area contributed by atoms with Gasteiger partial charge in [0.2, 0.25) is 5.91 Å². The van der Waals surface area contributed by atoms with Crippen LogP contribution >= 0.6 is 23.4 Å². The van der Waals surface area contributed by atoms with E-state index in [1.807, 2.05) is 18.7 Å². The standard InChI is InChI=1S/C20H24ClN3OS/c1-14-3-5-16(6-4-14)13-24-20(21)18(15(2)23-24)7-8-19(25)22-17-9-11-26-12-10-17/h3-8,17H,9-13H2,1-2H3,(H,22,25)/b8-7+. The van der Waals surface area contributed by atoms with Gasteiger partial charge in [-0.3, -0.25) is 4.79 Å². The van der Waals surface area contributed by atoms with Crippen LogP contribution in [0.25, 0.3) is 6.08 Å². The van der Waals surface area contributed by atoms with E-state index >= 15 is 0 Å². The van der Waals surface area contributed by atoms with Crippen molar-refractivity contribution in [2.24, 2.45) is 0 Å². The predicted octanol–water partition coefficient (Wildman–Crippen LogP) is 4.23. The Morgan fingerprint density at radius 1 is 1.31 bits per heavy atom. The molecule has 1 N–H and O–H groups in total. The summed E-state index contributed by atoms with van der Waals surface area (Å²) in [6.45, 7) is 4.59. The van der Waals surface area contributed by atoms with Crippen LogP contribution in [0.3, 0.4) is 0 Å². The summed E-state index contributed by atoms with van der Waals surface area (Å²) in [4.78, 5) is 12.2. The lowest BCUT2D eigenvalue weighted by Gasteiger charge is -2.21. The third kappa shape index (κ3) is 4.92. The Labute approximate surface area is 164 Å². The Kier molecular flexibility index (Phi) is 6.43. The van der Waals surface area contributed by atoms with Gasteiger partial charge in [0.1, 0.15) is 5.15 Å². The Hall–Kier alpha value is -1.72. The van der Waals surface area contributed by atoms with E-state index in [0.717, 1.165) is 41.2 Å². The summed E-state index contributed by atoms with van der Waals surface area (Å²) >= 11 is 8.45. The molecule has 0 aliphatic carbocycles. The zero-order valence-electron chi connectivity index (χ0n) is 15.2.